The van der Waals surface area contributed by atoms with Crippen LogP contribution in [0.1, 0.15) is 36.0 Å². The Kier molecular flexibility index (Phi) is 8.95. The molecule has 8 heteroatoms. The molecule has 0 atom stereocenters. The second-order valence-electron chi connectivity index (χ2n) is 10.0. The molecule has 2 aromatic carbocycles. The molecule has 0 bridgehead atoms. The van der Waals surface area contributed by atoms with E-state index in [9.17, 15) is 9.59 Å². The molecule has 1 aliphatic carbocycles. The summed E-state index contributed by atoms with van der Waals surface area (Å²) in [6.07, 6.45) is 2.94. The molecule has 1 heterocycles. The zero-order valence-electron chi connectivity index (χ0n) is 21.6. The Morgan fingerprint density at radius 1 is 0.973 bits per heavy atom. The SMILES string of the molecule is CN(C)CCOc1ccc(-c2cc(C(=O)NC[C@H]3CC[C@H](CNC(=O)O)CC3)c3ccccc3n2)cc1. The summed E-state index contributed by atoms with van der Waals surface area (Å²) in [6.45, 7) is 2.58. The van der Waals surface area contributed by atoms with Gasteiger partial charge in [0.2, 0.25) is 0 Å². The van der Waals surface area contributed by atoms with E-state index in [0.717, 1.165) is 60.1 Å². The third kappa shape index (κ3) is 7.43. The molecule has 0 aliphatic heterocycles. The molecule has 37 heavy (non-hydrogen) atoms. The van der Waals surface area contributed by atoms with Crippen LogP contribution in [0.2, 0.25) is 0 Å². The Morgan fingerprint density at radius 2 is 1.62 bits per heavy atom. The number of nitrogens with zero attached hydrogens (tertiary/aromatic N) is 2. The number of para-hydroxylation sites is 1. The molecule has 1 fully saturated rings. The monoisotopic (exact) mass is 504 g/mol. The lowest BCUT2D eigenvalue weighted by Gasteiger charge is -2.28. The van der Waals surface area contributed by atoms with Gasteiger partial charge >= 0.3 is 6.09 Å². The van der Waals surface area contributed by atoms with Crippen molar-refractivity contribution in [1.82, 2.24) is 20.5 Å². The van der Waals surface area contributed by atoms with Crippen LogP contribution in [0.25, 0.3) is 22.2 Å². The molecule has 1 aromatic heterocycles. The predicted octanol–water partition coefficient (Wildman–Crippen LogP) is 4.65. The molecule has 0 saturated heterocycles. The van der Waals surface area contributed by atoms with Gasteiger partial charge in [-0.15, -0.1) is 0 Å². The third-order valence-electron chi connectivity index (χ3n) is 6.98. The predicted molar refractivity (Wildman–Crippen MR) is 145 cm³/mol. The fraction of sp³-hybridized carbons (Fsp3) is 0.414. The Labute approximate surface area is 218 Å². The molecule has 8 nitrogen and oxygen atoms in total. The Hall–Kier alpha value is -3.65. The van der Waals surface area contributed by atoms with E-state index in [1.165, 1.54) is 0 Å². The molecule has 1 aliphatic rings. The summed E-state index contributed by atoms with van der Waals surface area (Å²) in [4.78, 5) is 30.9. The lowest BCUT2D eigenvalue weighted by Crippen LogP contribution is -2.34. The number of amides is 2. The first kappa shape index (κ1) is 26.4. The van der Waals surface area contributed by atoms with Gasteiger partial charge in [0.15, 0.2) is 0 Å². The number of hydrogen-bond donors (Lipinski definition) is 3. The van der Waals surface area contributed by atoms with Crippen LogP contribution < -0.4 is 15.4 Å². The number of carbonyl (C=O) groups is 2. The summed E-state index contributed by atoms with van der Waals surface area (Å²) >= 11 is 0. The van der Waals surface area contributed by atoms with Crippen LogP contribution >= 0.6 is 0 Å². The van der Waals surface area contributed by atoms with Crippen molar-refractivity contribution in [3.05, 3.63) is 60.2 Å². The van der Waals surface area contributed by atoms with Crippen molar-refractivity contribution < 1.29 is 19.4 Å². The highest BCUT2D eigenvalue weighted by Gasteiger charge is 2.22. The fourth-order valence-corrected chi connectivity index (χ4v) is 4.78. The van der Waals surface area contributed by atoms with Gasteiger partial charge in [-0.3, -0.25) is 4.79 Å². The Balaban J connectivity index is 1.42. The summed E-state index contributed by atoms with van der Waals surface area (Å²) in [5.41, 5.74) is 3.07. The number of carboxylic acid groups (broad SMARTS) is 1. The molecular formula is C29H36N4O4. The van der Waals surface area contributed by atoms with Crippen LogP contribution in [0.3, 0.4) is 0 Å². The summed E-state index contributed by atoms with van der Waals surface area (Å²) in [5.74, 6) is 1.48. The van der Waals surface area contributed by atoms with Crippen LogP contribution in [-0.2, 0) is 0 Å². The Bertz CT molecular complexity index is 1200. The van der Waals surface area contributed by atoms with Crippen LogP contribution in [0.15, 0.2) is 54.6 Å². The van der Waals surface area contributed by atoms with E-state index in [2.05, 4.69) is 15.5 Å². The Morgan fingerprint density at radius 3 is 2.27 bits per heavy atom. The summed E-state index contributed by atoms with van der Waals surface area (Å²) in [5, 5.41) is 15.3. The molecule has 0 unspecified atom stereocenters. The number of pyridine rings is 1. The minimum atomic E-state index is -0.970. The number of rotatable bonds is 10. The first-order valence-corrected chi connectivity index (χ1v) is 12.9. The highest BCUT2D eigenvalue weighted by molar-refractivity contribution is 6.07. The quantitative estimate of drug-likeness (QED) is 0.371. The molecule has 2 amide bonds. The number of carbonyl (C=O) groups excluding carboxylic acids is 1. The molecular weight excluding hydrogens is 468 g/mol. The van der Waals surface area contributed by atoms with E-state index < -0.39 is 6.09 Å². The van der Waals surface area contributed by atoms with Gasteiger partial charge in [0, 0.05) is 30.6 Å². The smallest absolute Gasteiger partial charge is 0.404 e. The number of likely N-dealkylation sites (N-methyl/N-ethyl adjacent to an activating group) is 1. The topological polar surface area (TPSA) is 104 Å². The average molecular weight is 505 g/mol. The van der Waals surface area contributed by atoms with Gasteiger partial charge in [0.1, 0.15) is 12.4 Å². The zero-order chi connectivity index (χ0) is 26.2. The highest BCUT2D eigenvalue weighted by Crippen LogP contribution is 2.29. The van der Waals surface area contributed by atoms with Gasteiger partial charge in [0.25, 0.3) is 5.91 Å². The van der Waals surface area contributed by atoms with Crippen molar-refractivity contribution in [3.63, 3.8) is 0 Å². The van der Waals surface area contributed by atoms with Gasteiger partial charge in [-0.05, 0) is 88.0 Å². The number of fused-ring (bicyclic) bond motifs is 1. The molecule has 196 valence electrons. The van der Waals surface area contributed by atoms with Crippen LogP contribution in [0.5, 0.6) is 5.75 Å². The maximum atomic E-state index is 13.3. The van der Waals surface area contributed by atoms with E-state index in [1.54, 1.807) is 0 Å². The van der Waals surface area contributed by atoms with Crippen molar-refractivity contribution in [2.24, 2.45) is 11.8 Å². The molecule has 3 N–H and O–H groups in total. The van der Waals surface area contributed by atoms with Gasteiger partial charge in [-0.25, -0.2) is 9.78 Å². The maximum absolute atomic E-state index is 13.3. The van der Waals surface area contributed by atoms with Crippen LogP contribution in [-0.4, -0.2) is 67.3 Å². The van der Waals surface area contributed by atoms with E-state index in [-0.39, 0.29) is 5.91 Å². The van der Waals surface area contributed by atoms with Gasteiger partial charge in [-0.2, -0.15) is 0 Å². The minimum absolute atomic E-state index is 0.0989. The van der Waals surface area contributed by atoms with E-state index in [0.29, 0.717) is 37.1 Å². The van der Waals surface area contributed by atoms with Crippen molar-refractivity contribution in [2.45, 2.75) is 25.7 Å². The number of nitrogens with one attached hydrogen (secondary N) is 2. The maximum Gasteiger partial charge on any atom is 0.404 e. The molecule has 0 spiro atoms. The van der Waals surface area contributed by atoms with Gasteiger partial charge in [-0.1, -0.05) is 18.2 Å². The number of benzene rings is 2. The molecule has 4 rings (SSSR count). The van der Waals surface area contributed by atoms with E-state index in [4.69, 9.17) is 14.8 Å². The average Bonchev–Trinajstić information content (AvgIpc) is 2.90. The first-order valence-electron chi connectivity index (χ1n) is 12.9. The van der Waals surface area contributed by atoms with Crippen molar-refractivity contribution >= 4 is 22.9 Å². The standard InChI is InChI=1S/C29H36N4O4/c1-33(2)15-16-37-23-13-11-22(12-14-23)27-17-25(24-5-3-4-6-26(24)32-27)28(34)30-18-20-7-9-21(10-8-20)19-31-29(35)36/h3-6,11-14,17,20-21,31H,7-10,15-16,18-19H2,1-2H3,(H,30,34)(H,35,36)/t20-,21-. The van der Waals surface area contributed by atoms with Crippen LogP contribution in [0.4, 0.5) is 4.79 Å². The summed E-state index contributed by atoms with van der Waals surface area (Å²) in [6, 6.07) is 17.4. The summed E-state index contributed by atoms with van der Waals surface area (Å²) < 4.78 is 5.80. The number of aromatic nitrogens is 1. The van der Waals surface area contributed by atoms with E-state index >= 15 is 0 Å². The zero-order valence-corrected chi connectivity index (χ0v) is 21.6. The normalized spacial score (nSPS) is 17.5. The largest absolute Gasteiger partial charge is 0.492 e. The van der Waals surface area contributed by atoms with E-state index in [1.807, 2.05) is 68.7 Å². The second kappa shape index (κ2) is 12.5. The minimum Gasteiger partial charge on any atom is -0.492 e. The lowest BCUT2D eigenvalue weighted by atomic mass is 9.82. The molecule has 0 radical (unpaired) electrons. The van der Waals surface area contributed by atoms with Crippen molar-refractivity contribution in [2.75, 3.05) is 40.3 Å². The number of ether oxygens (including phenoxy) is 1. The lowest BCUT2D eigenvalue weighted by molar-refractivity contribution is 0.0942. The van der Waals surface area contributed by atoms with Gasteiger partial charge < -0.3 is 25.4 Å². The van der Waals surface area contributed by atoms with Crippen molar-refractivity contribution in [1.29, 1.82) is 0 Å². The first-order chi connectivity index (χ1) is 17.9. The summed E-state index contributed by atoms with van der Waals surface area (Å²) in [7, 11) is 4.03. The highest BCUT2D eigenvalue weighted by atomic mass is 16.5. The molecule has 1 saturated carbocycles. The number of hydrogen-bond acceptors (Lipinski definition) is 5. The molecule has 3 aromatic rings. The second-order valence-corrected chi connectivity index (χ2v) is 10.0. The van der Waals surface area contributed by atoms with Gasteiger partial charge in [0.05, 0.1) is 16.8 Å². The van der Waals surface area contributed by atoms with Crippen molar-refractivity contribution in [3.8, 4) is 17.0 Å². The fourth-order valence-electron chi connectivity index (χ4n) is 4.78. The third-order valence-corrected chi connectivity index (χ3v) is 6.98. The van der Waals surface area contributed by atoms with Crippen LogP contribution in [0, 0.1) is 11.8 Å².